The fourth-order valence-electron chi connectivity index (χ4n) is 2.96. The minimum absolute atomic E-state index is 0.105. The lowest BCUT2D eigenvalue weighted by molar-refractivity contribution is -0.129. The highest BCUT2D eigenvalue weighted by Crippen LogP contribution is 2.28. The summed E-state index contributed by atoms with van der Waals surface area (Å²) in [6.45, 7) is 3.09. The van der Waals surface area contributed by atoms with E-state index < -0.39 is 30.4 Å². The second-order valence-corrected chi connectivity index (χ2v) is 5.25. The van der Waals surface area contributed by atoms with Crippen LogP contribution < -0.4 is 5.32 Å². The summed E-state index contributed by atoms with van der Waals surface area (Å²) >= 11 is 0. The summed E-state index contributed by atoms with van der Waals surface area (Å²) in [6.07, 6.45) is -0.845. The second-order valence-electron chi connectivity index (χ2n) is 5.25. The van der Waals surface area contributed by atoms with Gasteiger partial charge in [0.15, 0.2) is 0 Å². The largest absolute Gasteiger partial charge is 0.391 e. The molecule has 0 radical (unpaired) electrons. The molecule has 2 rings (SSSR count). The van der Waals surface area contributed by atoms with E-state index in [1.807, 2.05) is 11.8 Å². The molecule has 0 aromatic rings. The van der Waals surface area contributed by atoms with Crippen LogP contribution in [0.4, 0.5) is 0 Å². The summed E-state index contributed by atoms with van der Waals surface area (Å²) in [6, 6.07) is -0.861. The van der Waals surface area contributed by atoms with Crippen molar-refractivity contribution in [2.24, 2.45) is 0 Å². The highest BCUT2D eigenvalue weighted by atomic mass is 16.3. The number of fused-ring (bicyclic) bond motifs is 1. The molecule has 0 bridgehead atoms. The highest BCUT2D eigenvalue weighted by molar-refractivity contribution is 5.76. The highest BCUT2D eigenvalue weighted by Gasteiger charge is 2.48. The van der Waals surface area contributed by atoms with E-state index in [1.54, 1.807) is 0 Å². The Kier molecular flexibility index (Phi) is 4.21. The Morgan fingerprint density at radius 3 is 2.72 bits per heavy atom. The Balaban J connectivity index is 2.00. The van der Waals surface area contributed by atoms with Crippen molar-refractivity contribution in [1.82, 2.24) is 10.2 Å². The summed E-state index contributed by atoms with van der Waals surface area (Å²) in [5, 5.41) is 32.6. The van der Waals surface area contributed by atoms with Crippen LogP contribution >= 0.6 is 0 Å². The van der Waals surface area contributed by atoms with Crippen molar-refractivity contribution in [2.45, 2.75) is 56.6 Å². The SMILES string of the molecule is CCCC(=O)N[C@H]1CN2CC[C@H](O)[C@@H]2[C@@H](O)[C@@H]1O. The first-order valence-corrected chi connectivity index (χ1v) is 6.62. The first kappa shape index (κ1) is 13.7. The number of nitrogens with zero attached hydrogens (tertiary/aromatic N) is 1. The van der Waals surface area contributed by atoms with Gasteiger partial charge in [0.05, 0.1) is 24.3 Å². The van der Waals surface area contributed by atoms with Gasteiger partial charge in [0.2, 0.25) is 5.91 Å². The molecule has 0 spiro atoms. The number of nitrogens with one attached hydrogen (secondary N) is 1. The van der Waals surface area contributed by atoms with Crippen molar-refractivity contribution in [1.29, 1.82) is 0 Å². The van der Waals surface area contributed by atoms with Gasteiger partial charge >= 0.3 is 0 Å². The molecule has 104 valence electrons. The van der Waals surface area contributed by atoms with Crippen LogP contribution in [-0.4, -0.2) is 69.6 Å². The maximum absolute atomic E-state index is 11.5. The quantitative estimate of drug-likeness (QED) is 0.491. The van der Waals surface area contributed by atoms with E-state index in [1.165, 1.54) is 0 Å². The molecule has 5 atom stereocenters. The fraction of sp³-hybridized carbons (Fsp3) is 0.917. The second kappa shape index (κ2) is 5.52. The molecule has 2 aliphatic heterocycles. The number of piperidine rings is 1. The number of carbonyl (C=O) groups is 1. The van der Waals surface area contributed by atoms with Crippen LogP contribution in [0.3, 0.4) is 0 Å². The van der Waals surface area contributed by atoms with Gasteiger partial charge in [0.1, 0.15) is 6.10 Å². The first-order chi connectivity index (χ1) is 8.54. The summed E-state index contributed by atoms with van der Waals surface area (Å²) < 4.78 is 0. The summed E-state index contributed by atoms with van der Waals surface area (Å²) in [4.78, 5) is 13.5. The molecule has 0 unspecified atom stereocenters. The van der Waals surface area contributed by atoms with Crippen molar-refractivity contribution < 1.29 is 20.1 Å². The first-order valence-electron chi connectivity index (χ1n) is 6.62. The smallest absolute Gasteiger partial charge is 0.220 e. The monoisotopic (exact) mass is 258 g/mol. The molecule has 18 heavy (non-hydrogen) atoms. The number of carbonyl (C=O) groups excluding carboxylic acids is 1. The van der Waals surface area contributed by atoms with Crippen LogP contribution in [0.5, 0.6) is 0 Å². The van der Waals surface area contributed by atoms with Crippen LogP contribution in [0.25, 0.3) is 0 Å². The van der Waals surface area contributed by atoms with Crippen molar-refractivity contribution in [3.05, 3.63) is 0 Å². The summed E-state index contributed by atoms with van der Waals surface area (Å²) in [5.41, 5.74) is 0. The third kappa shape index (κ3) is 2.51. The molecule has 2 fully saturated rings. The average molecular weight is 258 g/mol. The summed E-state index contributed by atoms with van der Waals surface area (Å²) in [5.74, 6) is -0.105. The molecule has 0 aliphatic carbocycles. The minimum Gasteiger partial charge on any atom is -0.391 e. The molecular formula is C12H22N2O4. The number of aliphatic hydroxyl groups excluding tert-OH is 3. The molecule has 0 aromatic carbocycles. The lowest BCUT2D eigenvalue weighted by Gasteiger charge is -2.43. The predicted octanol–water partition coefficient (Wildman–Crippen LogP) is -1.56. The molecule has 0 aromatic heterocycles. The van der Waals surface area contributed by atoms with Crippen LogP contribution in [-0.2, 0) is 4.79 Å². The van der Waals surface area contributed by atoms with Gasteiger partial charge in [-0.3, -0.25) is 9.69 Å². The maximum atomic E-state index is 11.5. The number of hydrogen-bond donors (Lipinski definition) is 4. The number of aliphatic hydroxyl groups is 3. The van der Waals surface area contributed by atoms with Crippen molar-refractivity contribution >= 4 is 5.91 Å². The third-order valence-corrected chi connectivity index (χ3v) is 3.89. The number of amides is 1. The minimum atomic E-state index is -1.01. The van der Waals surface area contributed by atoms with E-state index in [-0.39, 0.29) is 5.91 Å². The van der Waals surface area contributed by atoms with Crippen LogP contribution in [0.15, 0.2) is 0 Å². The Bertz CT molecular complexity index is 312. The average Bonchev–Trinajstić information content (AvgIpc) is 2.67. The predicted molar refractivity (Wildman–Crippen MR) is 64.8 cm³/mol. The molecule has 1 amide bonds. The Labute approximate surface area is 107 Å². The fourth-order valence-corrected chi connectivity index (χ4v) is 2.96. The van der Waals surface area contributed by atoms with Gasteiger partial charge < -0.3 is 20.6 Å². The van der Waals surface area contributed by atoms with Crippen molar-refractivity contribution in [3.8, 4) is 0 Å². The molecule has 6 heteroatoms. The lowest BCUT2D eigenvalue weighted by Crippen LogP contribution is -2.65. The normalized spacial score (nSPS) is 40.6. The molecule has 2 aliphatic rings. The van der Waals surface area contributed by atoms with Gasteiger partial charge in [-0.05, 0) is 12.8 Å². The zero-order valence-corrected chi connectivity index (χ0v) is 10.6. The van der Waals surface area contributed by atoms with Gasteiger partial charge in [0.25, 0.3) is 0 Å². The molecule has 2 saturated heterocycles. The zero-order chi connectivity index (χ0) is 13.3. The standard InChI is InChI=1S/C12H22N2O4/c1-2-3-9(16)13-7-6-14-5-4-8(15)10(14)12(18)11(7)17/h7-8,10-12,15,17-18H,2-6H2,1H3,(H,13,16)/t7-,8-,10+,11+,12+/m0/s1. The van der Waals surface area contributed by atoms with Gasteiger partial charge in [-0.15, -0.1) is 0 Å². The number of hydrogen-bond acceptors (Lipinski definition) is 5. The van der Waals surface area contributed by atoms with E-state index in [2.05, 4.69) is 5.32 Å². The Hall–Kier alpha value is -0.690. The van der Waals surface area contributed by atoms with E-state index in [4.69, 9.17) is 0 Å². The maximum Gasteiger partial charge on any atom is 0.220 e. The lowest BCUT2D eigenvalue weighted by atomic mass is 9.91. The van der Waals surface area contributed by atoms with Gasteiger partial charge in [-0.2, -0.15) is 0 Å². The van der Waals surface area contributed by atoms with E-state index in [0.717, 1.165) is 6.42 Å². The van der Waals surface area contributed by atoms with Gasteiger partial charge in [-0.25, -0.2) is 0 Å². The molecule has 6 nitrogen and oxygen atoms in total. The zero-order valence-electron chi connectivity index (χ0n) is 10.6. The molecular weight excluding hydrogens is 236 g/mol. The Morgan fingerprint density at radius 1 is 1.33 bits per heavy atom. The summed E-state index contributed by atoms with van der Waals surface area (Å²) in [7, 11) is 0. The van der Waals surface area contributed by atoms with Gasteiger partial charge in [0, 0.05) is 19.5 Å². The van der Waals surface area contributed by atoms with Gasteiger partial charge in [-0.1, -0.05) is 6.92 Å². The van der Waals surface area contributed by atoms with Crippen molar-refractivity contribution in [2.75, 3.05) is 13.1 Å². The number of rotatable bonds is 3. The van der Waals surface area contributed by atoms with E-state index in [9.17, 15) is 20.1 Å². The van der Waals surface area contributed by atoms with E-state index in [0.29, 0.717) is 25.9 Å². The van der Waals surface area contributed by atoms with Crippen molar-refractivity contribution in [3.63, 3.8) is 0 Å². The van der Waals surface area contributed by atoms with Crippen LogP contribution in [0, 0.1) is 0 Å². The topological polar surface area (TPSA) is 93.0 Å². The van der Waals surface area contributed by atoms with E-state index >= 15 is 0 Å². The third-order valence-electron chi connectivity index (χ3n) is 3.89. The molecule has 0 saturated carbocycles. The van der Waals surface area contributed by atoms with Crippen LogP contribution in [0.2, 0.25) is 0 Å². The Morgan fingerprint density at radius 2 is 2.06 bits per heavy atom. The molecule has 4 N–H and O–H groups in total. The molecule has 2 heterocycles. The van der Waals surface area contributed by atoms with Crippen LogP contribution in [0.1, 0.15) is 26.2 Å².